The summed E-state index contributed by atoms with van der Waals surface area (Å²) in [6.07, 6.45) is 1.47. The number of rotatable bonds is 1. The van der Waals surface area contributed by atoms with E-state index in [2.05, 4.69) is 25.1 Å². The van der Waals surface area contributed by atoms with Crippen molar-refractivity contribution in [3.63, 3.8) is 0 Å². The minimum absolute atomic E-state index is 0.324. The molecule has 1 aromatic heterocycles. The van der Waals surface area contributed by atoms with Crippen LogP contribution in [0.15, 0.2) is 12.3 Å². The number of aromatic amines is 1. The van der Waals surface area contributed by atoms with Gasteiger partial charge in [0, 0.05) is 6.20 Å². The van der Waals surface area contributed by atoms with Crippen molar-refractivity contribution in [2.45, 2.75) is 0 Å². The summed E-state index contributed by atoms with van der Waals surface area (Å²) in [5.74, 6) is -0.482. The van der Waals surface area contributed by atoms with Crippen molar-refractivity contribution in [1.82, 2.24) is 10.2 Å². The number of aromatic nitrogens is 2. The lowest BCUT2D eigenvalue weighted by Crippen LogP contribution is -2.01. The van der Waals surface area contributed by atoms with Gasteiger partial charge in [-0.3, -0.25) is 5.10 Å². The van der Waals surface area contributed by atoms with E-state index in [0.717, 1.165) is 0 Å². The molecule has 0 aliphatic carbocycles. The third-order valence-electron chi connectivity index (χ3n) is 0.813. The Morgan fingerprint density at radius 3 is 3.11 bits per heavy atom. The van der Waals surface area contributed by atoms with E-state index in [1.165, 1.54) is 12.3 Å². The molecule has 1 aromatic rings. The lowest BCUT2D eigenvalue weighted by Gasteiger charge is -1.90. The molecule has 0 bridgehead atoms. The Morgan fingerprint density at radius 2 is 2.67 bits per heavy atom. The van der Waals surface area contributed by atoms with Gasteiger partial charge >= 0.3 is 16.5 Å². The summed E-state index contributed by atoms with van der Waals surface area (Å²) in [4.78, 5) is 10.5. The monoisotopic (exact) mass is 139 g/mol. The minimum atomic E-state index is -0.482. The van der Waals surface area contributed by atoms with Gasteiger partial charge in [-0.25, -0.2) is 4.79 Å². The molecule has 45 valence electrons. The van der Waals surface area contributed by atoms with E-state index in [4.69, 9.17) is 0 Å². The maximum absolute atomic E-state index is 10.5. The van der Waals surface area contributed by atoms with Gasteiger partial charge in [0.1, 0.15) is 5.69 Å². The first kappa shape index (κ1) is 6.02. The van der Waals surface area contributed by atoms with Crippen molar-refractivity contribution in [1.29, 1.82) is 0 Å². The molecular formula is C4H3N2O2Si. The molecule has 4 nitrogen and oxygen atoms in total. The van der Waals surface area contributed by atoms with Crippen LogP contribution in [0.2, 0.25) is 0 Å². The molecule has 9 heavy (non-hydrogen) atoms. The summed E-state index contributed by atoms with van der Waals surface area (Å²) >= 11 is 0. The molecule has 1 rings (SSSR count). The number of nitrogens with one attached hydrogen (secondary N) is 1. The average Bonchev–Trinajstić information content (AvgIpc) is 2.37. The molecule has 0 aromatic carbocycles. The topological polar surface area (TPSA) is 55.0 Å². The molecule has 0 saturated carbocycles. The lowest BCUT2D eigenvalue weighted by molar-refractivity contribution is 0.0743. The largest absolute Gasteiger partial charge is 0.511 e. The quantitative estimate of drug-likeness (QED) is 0.541. The second-order valence-electron chi connectivity index (χ2n) is 1.36. The van der Waals surface area contributed by atoms with Gasteiger partial charge in [0.15, 0.2) is 0 Å². The zero-order valence-corrected chi connectivity index (χ0v) is 5.42. The number of hydrogen-bond acceptors (Lipinski definition) is 3. The number of nitrogens with zero attached hydrogens (tertiary/aromatic N) is 1. The van der Waals surface area contributed by atoms with Crippen LogP contribution in [0, 0.1) is 0 Å². The van der Waals surface area contributed by atoms with E-state index in [1.54, 1.807) is 0 Å². The van der Waals surface area contributed by atoms with Crippen molar-refractivity contribution < 1.29 is 9.22 Å². The smallest absolute Gasteiger partial charge is 0.345 e. The van der Waals surface area contributed by atoms with Crippen LogP contribution < -0.4 is 0 Å². The Kier molecular flexibility index (Phi) is 1.64. The van der Waals surface area contributed by atoms with Crippen LogP contribution >= 0.6 is 0 Å². The van der Waals surface area contributed by atoms with Gasteiger partial charge in [-0.2, -0.15) is 5.10 Å². The van der Waals surface area contributed by atoms with Crippen LogP contribution in [0.4, 0.5) is 0 Å². The zero-order chi connectivity index (χ0) is 6.69. The molecule has 0 aliphatic rings. The first-order chi connectivity index (χ1) is 4.34. The number of carbonyl (C=O) groups excluding carboxylic acids is 1. The van der Waals surface area contributed by atoms with E-state index in [9.17, 15) is 4.79 Å². The van der Waals surface area contributed by atoms with E-state index in [1.807, 2.05) is 0 Å². The molecule has 0 unspecified atom stereocenters. The van der Waals surface area contributed by atoms with Crippen LogP contribution in [0.3, 0.4) is 0 Å². The highest BCUT2D eigenvalue weighted by molar-refractivity contribution is 6.08. The SMILES string of the molecule is O=C(O[Si])c1ccn[nH]1. The van der Waals surface area contributed by atoms with Crippen molar-refractivity contribution >= 4 is 16.5 Å². The Hall–Kier alpha value is -1.10. The maximum Gasteiger partial charge on any atom is 0.345 e. The second-order valence-corrected chi connectivity index (χ2v) is 1.56. The highest BCUT2D eigenvalue weighted by Crippen LogP contribution is 1.91. The highest BCUT2D eigenvalue weighted by atomic mass is 28.2. The van der Waals surface area contributed by atoms with Crippen molar-refractivity contribution in [3.05, 3.63) is 18.0 Å². The summed E-state index contributed by atoms with van der Waals surface area (Å²) < 4.78 is 4.19. The second kappa shape index (κ2) is 2.45. The van der Waals surface area contributed by atoms with Gasteiger partial charge in [-0.1, -0.05) is 0 Å². The summed E-state index contributed by atoms with van der Waals surface area (Å²) in [6, 6.07) is 1.52. The summed E-state index contributed by atoms with van der Waals surface area (Å²) in [5.41, 5.74) is 0.324. The third-order valence-corrected chi connectivity index (χ3v) is 0.999. The fourth-order valence-corrected chi connectivity index (χ4v) is 0.535. The molecule has 0 spiro atoms. The van der Waals surface area contributed by atoms with Gasteiger partial charge in [0.2, 0.25) is 0 Å². The van der Waals surface area contributed by atoms with Crippen LogP contribution in [0.1, 0.15) is 10.5 Å². The first-order valence-corrected chi connectivity index (χ1v) is 2.62. The zero-order valence-electron chi connectivity index (χ0n) is 4.42. The van der Waals surface area contributed by atoms with Crippen LogP contribution in [-0.4, -0.2) is 26.7 Å². The molecular weight excluding hydrogens is 136 g/mol. The highest BCUT2D eigenvalue weighted by Gasteiger charge is 2.03. The summed E-state index contributed by atoms with van der Waals surface area (Å²) in [6.45, 7) is 0. The molecule has 3 radical (unpaired) electrons. The molecule has 0 fully saturated rings. The molecule has 5 heteroatoms. The fraction of sp³-hybridized carbons (Fsp3) is 0. The van der Waals surface area contributed by atoms with Crippen LogP contribution in [0.25, 0.3) is 0 Å². The molecule has 0 saturated heterocycles. The predicted octanol–water partition coefficient (Wildman–Crippen LogP) is -0.350. The Morgan fingerprint density at radius 1 is 1.89 bits per heavy atom. The molecule has 1 heterocycles. The lowest BCUT2D eigenvalue weighted by atomic mass is 10.5. The Labute approximate surface area is 54.8 Å². The van der Waals surface area contributed by atoms with Crippen molar-refractivity contribution in [2.24, 2.45) is 0 Å². The number of H-pyrrole nitrogens is 1. The van der Waals surface area contributed by atoms with Crippen molar-refractivity contribution in [2.75, 3.05) is 0 Å². The minimum Gasteiger partial charge on any atom is -0.511 e. The fourth-order valence-electron chi connectivity index (χ4n) is 0.425. The Balaban J connectivity index is 2.77. The van der Waals surface area contributed by atoms with Gasteiger partial charge in [-0.15, -0.1) is 0 Å². The molecule has 0 amide bonds. The van der Waals surface area contributed by atoms with Gasteiger partial charge in [0.25, 0.3) is 0 Å². The number of carbonyl (C=O) groups is 1. The van der Waals surface area contributed by atoms with Crippen LogP contribution in [-0.2, 0) is 4.43 Å². The normalized spacial score (nSPS) is 9.00. The summed E-state index contributed by atoms with van der Waals surface area (Å²) in [5, 5.41) is 5.98. The maximum atomic E-state index is 10.5. The summed E-state index contributed by atoms with van der Waals surface area (Å²) in [7, 11) is 2.58. The first-order valence-electron chi connectivity index (χ1n) is 2.22. The van der Waals surface area contributed by atoms with E-state index >= 15 is 0 Å². The average molecular weight is 139 g/mol. The van der Waals surface area contributed by atoms with Gasteiger partial charge < -0.3 is 4.43 Å². The molecule has 0 aliphatic heterocycles. The standard InChI is InChI=1S/C4H3N2O2Si/c7-4(8-9)3-1-2-5-6-3/h1-2H,(H,5,6). The van der Waals surface area contributed by atoms with E-state index in [0.29, 0.717) is 5.69 Å². The van der Waals surface area contributed by atoms with E-state index in [-0.39, 0.29) is 0 Å². The Bertz CT molecular complexity index is 196. The van der Waals surface area contributed by atoms with Gasteiger partial charge in [0.05, 0.1) is 0 Å². The predicted molar refractivity (Wildman–Crippen MR) is 29.8 cm³/mol. The third kappa shape index (κ3) is 1.17. The number of hydrogen-bond donors (Lipinski definition) is 1. The van der Waals surface area contributed by atoms with Crippen molar-refractivity contribution in [3.8, 4) is 0 Å². The van der Waals surface area contributed by atoms with E-state index < -0.39 is 5.97 Å². The molecule has 1 N–H and O–H groups in total. The molecule has 0 atom stereocenters. The van der Waals surface area contributed by atoms with Gasteiger partial charge in [-0.05, 0) is 6.07 Å². The van der Waals surface area contributed by atoms with Crippen LogP contribution in [0.5, 0.6) is 0 Å².